The van der Waals surface area contributed by atoms with Crippen LogP contribution in [0.5, 0.6) is 17.2 Å². The number of fused-ring (bicyclic) bond motifs is 1. The predicted molar refractivity (Wildman–Crippen MR) is 87.8 cm³/mol. The van der Waals surface area contributed by atoms with Crippen molar-refractivity contribution >= 4 is 6.09 Å². The van der Waals surface area contributed by atoms with Crippen molar-refractivity contribution in [2.45, 2.75) is 32.9 Å². The van der Waals surface area contributed by atoms with E-state index in [2.05, 4.69) is 5.32 Å². The number of rotatable bonds is 3. The van der Waals surface area contributed by atoms with Crippen LogP contribution in [0.4, 0.5) is 4.79 Å². The molecule has 1 aromatic rings. The van der Waals surface area contributed by atoms with E-state index < -0.39 is 6.09 Å². The van der Waals surface area contributed by atoms with Gasteiger partial charge in [-0.3, -0.25) is 0 Å². The van der Waals surface area contributed by atoms with Crippen LogP contribution in [-0.2, 0) is 0 Å². The molecule has 2 N–H and O–H groups in total. The molecule has 1 fully saturated rings. The van der Waals surface area contributed by atoms with Gasteiger partial charge in [-0.1, -0.05) is 20.8 Å². The molecule has 132 valence electrons. The molecule has 1 amide bonds. The van der Waals surface area contributed by atoms with Crippen LogP contribution in [0.25, 0.3) is 0 Å². The highest BCUT2D eigenvalue weighted by Gasteiger charge is 2.42. The van der Waals surface area contributed by atoms with Gasteiger partial charge in [0.05, 0.1) is 12.1 Å². The molecule has 0 aliphatic carbocycles. The summed E-state index contributed by atoms with van der Waals surface area (Å²) in [5.74, 6) is 2.06. The molecule has 24 heavy (non-hydrogen) atoms. The summed E-state index contributed by atoms with van der Waals surface area (Å²) in [6.45, 7) is 7.86. The third kappa shape index (κ3) is 3.36. The first kappa shape index (κ1) is 16.7. The van der Waals surface area contributed by atoms with Crippen LogP contribution in [0.3, 0.4) is 0 Å². The first-order valence-corrected chi connectivity index (χ1v) is 8.11. The Hall–Kier alpha value is -2.15. The number of hydrogen-bond donors (Lipinski definition) is 2. The second-order valence-corrected chi connectivity index (χ2v) is 7.17. The Kier molecular flexibility index (Phi) is 4.45. The monoisotopic (exact) mass is 336 g/mol. The van der Waals surface area contributed by atoms with Crippen molar-refractivity contribution in [2.75, 3.05) is 26.5 Å². The summed E-state index contributed by atoms with van der Waals surface area (Å²) in [4.78, 5) is 13.1. The third-order valence-corrected chi connectivity index (χ3v) is 4.38. The Labute approximate surface area is 141 Å². The lowest BCUT2D eigenvalue weighted by Gasteiger charge is -2.46. The Morgan fingerprint density at radius 1 is 1.38 bits per heavy atom. The van der Waals surface area contributed by atoms with E-state index in [1.165, 1.54) is 4.90 Å². The highest BCUT2D eigenvalue weighted by atomic mass is 16.7. The molecule has 3 rings (SSSR count). The van der Waals surface area contributed by atoms with Crippen molar-refractivity contribution in [1.82, 2.24) is 10.2 Å². The van der Waals surface area contributed by atoms with E-state index in [0.717, 1.165) is 0 Å². The van der Waals surface area contributed by atoms with Crippen LogP contribution in [0.15, 0.2) is 18.2 Å². The molecule has 2 aliphatic heterocycles. The summed E-state index contributed by atoms with van der Waals surface area (Å²) >= 11 is 0. The van der Waals surface area contributed by atoms with Gasteiger partial charge in [-0.2, -0.15) is 0 Å². The van der Waals surface area contributed by atoms with Gasteiger partial charge in [0.1, 0.15) is 12.4 Å². The van der Waals surface area contributed by atoms with E-state index in [-0.39, 0.29) is 24.3 Å². The zero-order valence-electron chi connectivity index (χ0n) is 14.2. The van der Waals surface area contributed by atoms with Gasteiger partial charge in [-0.15, -0.1) is 0 Å². The van der Waals surface area contributed by atoms with Crippen molar-refractivity contribution < 1.29 is 24.1 Å². The number of nitrogens with zero attached hydrogens (tertiary/aromatic N) is 1. The van der Waals surface area contributed by atoms with E-state index in [0.29, 0.717) is 36.9 Å². The minimum absolute atomic E-state index is 0.0831. The van der Waals surface area contributed by atoms with Crippen LogP contribution in [0.1, 0.15) is 20.8 Å². The molecule has 7 nitrogen and oxygen atoms in total. The first-order chi connectivity index (χ1) is 11.4. The molecular formula is C17H24N2O5. The zero-order chi connectivity index (χ0) is 17.3. The van der Waals surface area contributed by atoms with Gasteiger partial charge in [-0.05, 0) is 17.5 Å². The average molecular weight is 336 g/mol. The van der Waals surface area contributed by atoms with Gasteiger partial charge in [0.15, 0.2) is 11.5 Å². The number of piperazine rings is 1. The second-order valence-electron chi connectivity index (χ2n) is 7.17. The van der Waals surface area contributed by atoms with Crippen molar-refractivity contribution in [3.63, 3.8) is 0 Å². The summed E-state index contributed by atoms with van der Waals surface area (Å²) in [6.07, 6.45) is -0.885. The molecule has 0 aromatic heterocycles. The number of nitrogens with one attached hydrogen (secondary N) is 1. The molecule has 7 heteroatoms. The van der Waals surface area contributed by atoms with Crippen LogP contribution >= 0.6 is 0 Å². The average Bonchev–Trinajstić information content (AvgIpc) is 2.99. The minimum Gasteiger partial charge on any atom is -0.492 e. The number of amides is 1. The molecule has 0 radical (unpaired) electrons. The van der Waals surface area contributed by atoms with E-state index in [9.17, 15) is 9.90 Å². The molecule has 0 spiro atoms. The maximum atomic E-state index is 11.6. The smallest absolute Gasteiger partial charge is 0.407 e. The summed E-state index contributed by atoms with van der Waals surface area (Å²) in [6, 6.07) is 5.19. The standard InChI is InChI=1S/C17H24N2O5/c1-17(2,3)15-12(18-6-7-19(15)16(20)21)9-22-11-4-5-13-14(8-11)24-10-23-13/h4-5,8,12,15,18H,6-7,9-10H2,1-3H3,(H,20,21). The van der Waals surface area contributed by atoms with Crippen molar-refractivity contribution in [2.24, 2.45) is 5.41 Å². The zero-order valence-corrected chi connectivity index (χ0v) is 14.2. The third-order valence-electron chi connectivity index (χ3n) is 4.38. The predicted octanol–water partition coefficient (Wildman–Crippen LogP) is 2.16. The van der Waals surface area contributed by atoms with Gasteiger partial charge in [-0.25, -0.2) is 4.79 Å². The summed E-state index contributed by atoms with van der Waals surface area (Å²) in [7, 11) is 0. The van der Waals surface area contributed by atoms with Gasteiger partial charge >= 0.3 is 6.09 Å². The number of hydrogen-bond acceptors (Lipinski definition) is 5. The topological polar surface area (TPSA) is 80.3 Å². The number of benzene rings is 1. The lowest BCUT2D eigenvalue weighted by Crippen LogP contribution is -2.65. The van der Waals surface area contributed by atoms with Crippen molar-refractivity contribution in [3.05, 3.63) is 18.2 Å². The molecule has 2 atom stereocenters. The SMILES string of the molecule is CC(C)(C)C1C(COc2ccc3c(c2)OCO3)NCCN1C(=O)O. The Morgan fingerprint density at radius 3 is 2.83 bits per heavy atom. The fourth-order valence-electron chi connectivity index (χ4n) is 3.43. The molecule has 0 saturated carbocycles. The van der Waals surface area contributed by atoms with Gasteiger partial charge in [0, 0.05) is 19.2 Å². The normalized spacial score (nSPS) is 23.2. The fraction of sp³-hybridized carbons (Fsp3) is 0.588. The van der Waals surface area contributed by atoms with Crippen LogP contribution in [0, 0.1) is 5.41 Å². The van der Waals surface area contributed by atoms with Crippen molar-refractivity contribution in [1.29, 1.82) is 0 Å². The first-order valence-electron chi connectivity index (χ1n) is 8.11. The highest BCUT2D eigenvalue weighted by Crippen LogP contribution is 2.35. The lowest BCUT2D eigenvalue weighted by atomic mass is 9.80. The van der Waals surface area contributed by atoms with Gasteiger partial charge in [0.2, 0.25) is 6.79 Å². The summed E-state index contributed by atoms with van der Waals surface area (Å²) in [5, 5.41) is 12.9. The largest absolute Gasteiger partial charge is 0.492 e. The van der Waals surface area contributed by atoms with Crippen LogP contribution in [-0.4, -0.2) is 54.7 Å². The molecule has 2 heterocycles. The lowest BCUT2D eigenvalue weighted by molar-refractivity contribution is 0.0280. The van der Waals surface area contributed by atoms with E-state index in [4.69, 9.17) is 14.2 Å². The van der Waals surface area contributed by atoms with Crippen LogP contribution < -0.4 is 19.5 Å². The number of ether oxygens (including phenoxy) is 3. The quantitative estimate of drug-likeness (QED) is 0.880. The van der Waals surface area contributed by atoms with Gasteiger partial charge in [0.25, 0.3) is 0 Å². The van der Waals surface area contributed by atoms with E-state index in [1.54, 1.807) is 6.07 Å². The van der Waals surface area contributed by atoms with Gasteiger partial charge < -0.3 is 29.5 Å². The molecule has 1 saturated heterocycles. The summed E-state index contributed by atoms with van der Waals surface area (Å²) < 4.78 is 16.5. The Morgan fingerprint density at radius 2 is 2.12 bits per heavy atom. The Bertz CT molecular complexity index is 613. The van der Waals surface area contributed by atoms with Crippen molar-refractivity contribution in [3.8, 4) is 17.2 Å². The molecule has 0 bridgehead atoms. The molecular weight excluding hydrogens is 312 g/mol. The maximum Gasteiger partial charge on any atom is 0.407 e. The molecule has 2 unspecified atom stereocenters. The van der Waals surface area contributed by atoms with Crippen LogP contribution in [0.2, 0.25) is 0 Å². The fourth-order valence-corrected chi connectivity index (χ4v) is 3.43. The maximum absolute atomic E-state index is 11.6. The molecule has 1 aromatic carbocycles. The summed E-state index contributed by atoms with van der Waals surface area (Å²) in [5.41, 5.74) is -0.200. The number of carbonyl (C=O) groups is 1. The minimum atomic E-state index is -0.885. The number of carboxylic acid groups (broad SMARTS) is 1. The highest BCUT2D eigenvalue weighted by molar-refractivity contribution is 5.66. The van der Waals surface area contributed by atoms with E-state index >= 15 is 0 Å². The molecule has 2 aliphatic rings. The Balaban J connectivity index is 1.71. The second kappa shape index (κ2) is 6.39. The van der Waals surface area contributed by atoms with E-state index in [1.807, 2.05) is 32.9 Å².